The third-order valence-electron chi connectivity index (χ3n) is 2.33. The topological polar surface area (TPSA) is 30.5 Å². The summed E-state index contributed by atoms with van der Waals surface area (Å²) in [5.74, 6) is -0.261. The maximum Gasteiger partial charge on any atom is 0.573 e. The van der Waals surface area contributed by atoms with Crippen molar-refractivity contribution in [1.82, 2.24) is 0 Å². The smallest absolute Gasteiger partial charge is 0.405 e. The molecule has 3 nitrogen and oxygen atoms in total. The standard InChI is InChI=1S/C12H15BrF3NO2/c1-8(5-6-18-2)17-9-3-4-11(10(13)7-9)19-12(14,15)16/h3-4,7-8,17H,5-6H2,1-2H3. The maximum atomic E-state index is 12.1. The normalized spacial score (nSPS) is 13.2. The Balaban J connectivity index is 2.66. The molecule has 0 aliphatic rings. The van der Waals surface area contributed by atoms with E-state index < -0.39 is 6.36 Å². The number of hydrogen-bond donors (Lipinski definition) is 1. The average Bonchev–Trinajstić information content (AvgIpc) is 2.28. The predicted octanol–water partition coefficient (Wildman–Crippen LogP) is 4.18. The van der Waals surface area contributed by atoms with Gasteiger partial charge in [-0.15, -0.1) is 13.2 Å². The van der Waals surface area contributed by atoms with Crippen LogP contribution in [0.25, 0.3) is 0 Å². The van der Waals surface area contributed by atoms with Gasteiger partial charge in [-0.1, -0.05) is 0 Å². The van der Waals surface area contributed by atoms with Gasteiger partial charge in [-0.25, -0.2) is 0 Å². The molecule has 1 N–H and O–H groups in total. The number of alkyl halides is 3. The van der Waals surface area contributed by atoms with Crippen LogP contribution >= 0.6 is 15.9 Å². The minimum Gasteiger partial charge on any atom is -0.405 e. The van der Waals surface area contributed by atoms with Crippen molar-refractivity contribution < 1.29 is 22.6 Å². The molecule has 1 aromatic carbocycles. The molecule has 0 bridgehead atoms. The highest BCUT2D eigenvalue weighted by Gasteiger charge is 2.31. The third-order valence-corrected chi connectivity index (χ3v) is 2.95. The SMILES string of the molecule is COCCC(C)Nc1ccc(OC(F)(F)F)c(Br)c1. The van der Waals surface area contributed by atoms with Gasteiger partial charge in [0.25, 0.3) is 0 Å². The Hall–Kier alpha value is -0.950. The Kier molecular flexibility index (Phi) is 5.93. The van der Waals surface area contributed by atoms with E-state index in [1.807, 2.05) is 6.92 Å². The van der Waals surface area contributed by atoms with E-state index in [4.69, 9.17) is 4.74 Å². The Morgan fingerprint density at radius 3 is 2.58 bits per heavy atom. The zero-order valence-corrected chi connectivity index (χ0v) is 12.1. The fourth-order valence-corrected chi connectivity index (χ4v) is 1.91. The maximum absolute atomic E-state index is 12.1. The lowest BCUT2D eigenvalue weighted by molar-refractivity contribution is -0.274. The molecule has 0 saturated heterocycles. The molecule has 1 rings (SSSR count). The molecule has 0 fully saturated rings. The number of hydrogen-bond acceptors (Lipinski definition) is 3. The van der Waals surface area contributed by atoms with Crippen molar-refractivity contribution in [3.8, 4) is 5.75 Å². The van der Waals surface area contributed by atoms with Gasteiger partial charge in [0, 0.05) is 25.4 Å². The summed E-state index contributed by atoms with van der Waals surface area (Å²) in [6.45, 7) is 2.58. The van der Waals surface area contributed by atoms with Crippen molar-refractivity contribution in [2.75, 3.05) is 19.0 Å². The van der Waals surface area contributed by atoms with Crippen LogP contribution in [0.5, 0.6) is 5.75 Å². The quantitative estimate of drug-likeness (QED) is 0.841. The summed E-state index contributed by atoms with van der Waals surface area (Å²) in [5.41, 5.74) is 0.713. The van der Waals surface area contributed by atoms with E-state index in [-0.39, 0.29) is 16.3 Å². The van der Waals surface area contributed by atoms with E-state index in [9.17, 15) is 13.2 Å². The van der Waals surface area contributed by atoms with Crippen LogP contribution in [0.15, 0.2) is 22.7 Å². The number of rotatable bonds is 6. The summed E-state index contributed by atoms with van der Waals surface area (Å²) in [6.07, 6.45) is -3.89. The van der Waals surface area contributed by atoms with Crippen LogP contribution in [0.2, 0.25) is 0 Å². The van der Waals surface area contributed by atoms with Crippen LogP contribution in [-0.2, 0) is 4.74 Å². The molecule has 0 heterocycles. The monoisotopic (exact) mass is 341 g/mol. The summed E-state index contributed by atoms with van der Waals surface area (Å²) >= 11 is 3.05. The van der Waals surface area contributed by atoms with Crippen molar-refractivity contribution in [2.45, 2.75) is 25.7 Å². The van der Waals surface area contributed by atoms with Gasteiger partial charge in [-0.2, -0.15) is 0 Å². The first-order valence-electron chi connectivity index (χ1n) is 5.62. The van der Waals surface area contributed by atoms with Crippen molar-refractivity contribution in [3.63, 3.8) is 0 Å². The molecule has 19 heavy (non-hydrogen) atoms. The summed E-state index contributed by atoms with van der Waals surface area (Å²) in [7, 11) is 1.62. The second kappa shape index (κ2) is 7.00. The highest BCUT2D eigenvalue weighted by molar-refractivity contribution is 9.10. The first kappa shape index (κ1) is 16.1. The Morgan fingerprint density at radius 1 is 1.37 bits per heavy atom. The van der Waals surface area contributed by atoms with Crippen LogP contribution in [-0.4, -0.2) is 26.1 Å². The number of benzene rings is 1. The van der Waals surface area contributed by atoms with E-state index >= 15 is 0 Å². The summed E-state index contributed by atoms with van der Waals surface area (Å²) in [5, 5.41) is 3.16. The lowest BCUT2D eigenvalue weighted by Gasteiger charge is -2.16. The second-order valence-corrected chi connectivity index (χ2v) is 4.87. The highest BCUT2D eigenvalue weighted by Crippen LogP contribution is 2.32. The van der Waals surface area contributed by atoms with Gasteiger partial charge in [-0.3, -0.25) is 0 Å². The molecule has 0 radical (unpaired) electrons. The molecule has 0 aliphatic heterocycles. The predicted molar refractivity (Wildman–Crippen MR) is 70.4 cm³/mol. The highest BCUT2D eigenvalue weighted by atomic mass is 79.9. The Labute approximate surface area is 118 Å². The van der Waals surface area contributed by atoms with Crippen molar-refractivity contribution in [1.29, 1.82) is 0 Å². The van der Waals surface area contributed by atoms with Crippen LogP contribution in [0, 0.1) is 0 Å². The number of ether oxygens (including phenoxy) is 2. The summed E-state index contributed by atoms with van der Waals surface area (Å²) < 4.78 is 45.4. The van der Waals surface area contributed by atoms with E-state index in [1.165, 1.54) is 12.1 Å². The fraction of sp³-hybridized carbons (Fsp3) is 0.500. The van der Waals surface area contributed by atoms with Crippen molar-refractivity contribution in [2.24, 2.45) is 0 Å². The number of nitrogens with one attached hydrogen (secondary N) is 1. The number of halogens is 4. The second-order valence-electron chi connectivity index (χ2n) is 4.02. The molecule has 0 spiro atoms. The lowest BCUT2D eigenvalue weighted by atomic mass is 10.2. The molecular weight excluding hydrogens is 327 g/mol. The van der Waals surface area contributed by atoms with Gasteiger partial charge in [0.2, 0.25) is 0 Å². The van der Waals surface area contributed by atoms with Gasteiger partial charge >= 0.3 is 6.36 Å². The van der Waals surface area contributed by atoms with Crippen molar-refractivity contribution >= 4 is 21.6 Å². The summed E-state index contributed by atoms with van der Waals surface area (Å²) in [4.78, 5) is 0. The first-order valence-corrected chi connectivity index (χ1v) is 6.42. The molecule has 0 aromatic heterocycles. The number of anilines is 1. The largest absolute Gasteiger partial charge is 0.573 e. The molecule has 1 unspecified atom stereocenters. The minimum absolute atomic E-state index is 0.154. The molecule has 7 heteroatoms. The molecule has 1 aromatic rings. The van der Waals surface area contributed by atoms with Crippen LogP contribution in [0.4, 0.5) is 18.9 Å². The molecular formula is C12H15BrF3NO2. The molecule has 0 aliphatic carbocycles. The van der Waals surface area contributed by atoms with Crippen LogP contribution in [0.1, 0.15) is 13.3 Å². The average molecular weight is 342 g/mol. The summed E-state index contributed by atoms with van der Waals surface area (Å²) in [6, 6.07) is 4.50. The first-order chi connectivity index (χ1) is 8.81. The minimum atomic E-state index is -4.69. The van der Waals surface area contributed by atoms with Gasteiger partial charge in [0.05, 0.1) is 4.47 Å². The third kappa shape index (κ3) is 6.15. The molecule has 108 valence electrons. The van der Waals surface area contributed by atoms with E-state index in [0.29, 0.717) is 12.3 Å². The molecule has 0 saturated carbocycles. The lowest BCUT2D eigenvalue weighted by Crippen LogP contribution is -2.18. The zero-order valence-electron chi connectivity index (χ0n) is 10.6. The van der Waals surface area contributed by atoms with Crippen molar-refractivity contribution in [3.05, 3.63) is 22.7 Å². The van der Waals surface area contributed by atoms with Crippen LogP contribution < -0.4 is 10.1 Å². The Bertz CT molecular complexity index is 412. The van der Waals surface area contributed by atoms with Gasteiger partial charge in [0.1, 0.15) is 5.75 Å². The zero-order chi connectivity index (χ0) is 14.5. The van der Waals surface area contributed by atoms with E-state index in [0.717, 1.165) is 6.42 Å². The van der Waals surface area contributed by atoms with E-state index in [2.05, 4.69) is 26.0 Å². The van der Waals surface area contributed by atoms with Gasteiger partial charge in [0.15, 0.2) is 0 Å². The van der Waals surface area contributed by atoms with E-state index in [1.54, 1.807) is 13.2 Å². The van der Waals surface area contributed by atoms with Crippen LogP contribution in [0.3, 0.4) is 0 Å². The Morgan fingerprint density at radius 2 is 2.05 bits per heavy atom. The molecule has 0 amide bonds. The van der Waals surface area contributed by atoms with Gasteiger partial charge < -0.3 is 14.8 Å². The number of methoxy groups -OCH3 is 1. The van der Waals surface area contributed by atoms with Gasteiger partial charge in [-0.05, 0) is 47.5 Å². The fourth-order valence-electron chi connectivity index (χ4n) is 1.45. The molecule has 1 atom stereocenters.